The summed E-state index contributed by atoms with van der Waals surface area (Å²) >= 11 is 2.79. The van der Waals surface area contributed by atoms with Gasteiger partial charge in [0.15, 0.2) is 0 Å². The van der Waals surface area contributed by atoms with E-state index in [1.807, 2.05) is 37.1 Å². The van der Waals surface area contributed by atoms with Crippen LogP contribution in [0.2, 0.25) is 0 Å². The van der Waals surface area contributed by atoms with Crippen LogP contribution >= 0.6 is 23.1 Å². The quantitative estimate of drug-likeness (QED) is 0.562. The van der Waals surface area contributed by atoms with E-state index < -0.39 is 5.97 Å². The Morgan fingerprint density at radius 2 is 1.86 bits per heavy atom. The standard InChI is InChI=1S/C25H22N4O5S2/c1-5-28-22(31)20(24-27(3)17-12-16(34-4)10-11-18(17)35-24)36-23(28)19-13(2)26-29(21(19)30)15-8-6-14(7-9-15)25(32)33/h6-12H,5H2,1-4H3,(H,32,33)/b23-19-,24-20-. The molecular weight excluding hydrogens is 500 g/mol. The summed E-state index contributed by atoms with van der Waals surface area (Å²) in [5.41, 5.74) is 2.20. The lowest BCUT2D eigenvalue weighted by molar-refractivity contribution is -0.112. The van der Waals surface area contributed by atoms with Crippen molar-refractivity contribution in [3.05, 3.63) is 67.6 Å². The predicted molar refractivity (Wildman–Crippen MR) is 142 cm³/mol. The number of carbonyl (C=O) groups excluding carboxylic acids is 1. The molecule has 0 saturated heterocycles. The number of carboxylic acids is 1. The first-order valence-electron chi connectivity index (χ1n) is 11.1. The fraction of sp³-hybridized carbons (Fsp3) is 0.200. The van der Waals surface area contributed by atoms with Crippen LogP contribution < -0.4 is 29.4 Å². The molecule has 0 saturated carbocycles. The molecule has 5 rings (SSSR count). The highest BCUT2D eigenvalue weighted by Gasteiger charge is 2.32. The summed E-state index contributed by atoms with van der Waals surface area (Å²) < 4.78 is 8.05. The minimum absolute atomic E-state index is 0.117. The second-order valence-corrected chi connectivity index (χ2v) is 10.1. The summed E-state index contributed by atoms with van der Waals surface area (Å²) in [5, 5.41) is 15.6. The average Bonchev–Trinajstić information content (AvgIpc) is 3.48. The topological polar surface area (TPSA) is 104 Å². The molecule has 3 aromatic rings. The van der Waals surface area contributed by atoms with Crippen LogP contribution in [-0.4, -0.2) is 41.4 Å². The van der Waals surface area contributed by atoms with Gasteiger partial charge in [-0.3, -0.25) is 14.2 Å². The lowest BCUT2D eigenvalue weighted by Gasteiger charge is -2.13. The first-order valence-corrected chi connectivity index (χ1v) is 12.7. The summed E-state index contributed by atoms with van der Waals surface area (Å²) in [7, 11) is 3.52. The van der Waals surface area contributed by atoms with Crippen LogP contribution in [0.1, 0.15) is 24.2 Å². The highest BCUT2D eigenvalue weighted by Crippen LogP contribution is 2.46. The molecule has 3 heterocycles. The largest absolute Gasteiger partial charge is 0.497 e. The van der Waals surface area contributed by atoms with Gasteiger partial charge in [0.2, 0.25) is 0 Å². The SMILES string of the molecule is CCn1c(=O)/c(=C2/Sc3ccc(OC)cc3N2C)s/c1=C1\C(=O)N(c2ccc(C(=O)O)cc2)N=C1C. The predicted octanol–water partition coefficient (Wildman–Crippen LogP) is 2.52. The molecule has 11 heteroatoms. The molecule has 0 unspecified atom stereocenters. The Bertz CT molecular complexity index is 1640. The molecular formula is C25H22N4O5S2. The van der Waals surface area contributed by atoms with Crippen molar-refractivity contribution in [1.29, 1.82) is 0 Å². The molecule has 36 heavy (non-hydrogen) atoms. The van der Waals surface area contributed by atoms with Gasteiger partial charge in [0.25, 0.3) is 11.5 Å². The zero-order valence-electron chi connectivity index (χ0n) is 19.9. The van der Waals surface area contributed by atoms with Gasteiger partial charge in [-0.05, 0) is 50.2 Å². The molecule has 0 aliphatic carbocycles. The molecule has 1 aromatic heterocycles. The lowest BCUT2D eigenvalue weighted by atomic mass is 10.2. The third-order valence-corrected chi connectivity index (χ3v) is 8.58. The Labute approximate surface area is 214 Å². The molecule has 2 aliphatic heterocycles. The highest BCUT2D eigenvalue weighted by atomic mass is 32.2. The Morgan fingerprint density at radius 3 is 2.50 bits per heavy atom. The minimum atomic E-state index is -1.05. The summed E-state index contributed by atoms with van der Waals surface area (Å²) in [6.07, 6.45) is 0. The number of anilines is 2. The van der Waals surface area contributed by atoms with Crippen LogP contribution in [0.4, 0.5) is 11.4 Å². The molecule has 1 amide bonds. The van der Waals surface area contributed by atoms with E-state index in [0.29, 0.717) is 32.7 Å². The number of amides is 1. The van der Waals surface area contributed by atoms with Gasteiger partial charge in [0.05, 0.1) is 35.3 Å². The number of carboxylic acid groups (broad SMARTS) is 1. The van der Waals surface area contributed by atoms with Crippen LogP contribution in [0.5, 0.6) is 5.75 Å². The second-order valence-electron chi connectivity index (χ2n) is 8.12. The van der Waals surface area contributed by atoms with Crippen LogP contribution in [0.25, 0.3) is 10.6 Å². The van der Waals surface area contributed by atoms with E-state index in [-0.39, 0.29) is 17.0 Å². The number of carbonyl (C=O) groups is 2. The van der Waals surface area contributed by atoms with Crippen molar-refractivity contribution >= 4 is 62.7 Å². The third-order valence-electron chi connectivity index (χ3n) is 6.02. The van der Waals surface area contributed by atoms with Gasteiger partial charge in [-0.2, -0.15) is 10.1 Å². The van der Waals surface area contributed by atoms with Gasteiger partial charge in [-0.1, -0.05) is 11.8 Å². The van der Waals surface area contributed by atoms with E-state index in [2.05, 4.69) is 5.10 Å². The van der Waals surface area contributed by atoms with Gasteiger partial charge in [-0.25, -0.2) is 4.79 Å². The number of hydrazone groups is 1. The molecule has 2 aliphatic rings. The Balaban J connectivity index is 1.65. The second kappa shape index (κ2) is 8.99. The maximum absolute atomic E-state index is 13.5. The first-order chi connectivity index (χ1) is 17.2. The number of nitrogens with zero attached hydrogens (tertiary/aromatic N) is 4. The van der Waals surface area contributed by atoms with Gasteiger partial charge in [0, 0.05) is 24.6 Å². The number of hydrogen-bond acceptors (Lipinski definition) is 8. The monoisotopic (exact) mass is 522 g/mol. The molecule has 9 nitrogen and oxygen atoms in total. The summed E-state index contributed by atoms with van der Waals surface area (Å²) in [5.74, 6) is -0.682. The molecule has 184 valence electrons. The van der Waals surface area contributed by atoms with Gasteiger partial charge in [-0.15, -0.1) is 11.3 Å². The Morgan fingerprint density at radius 1 is 1.14 bits per heavy atom. The van der Waals surface area contributed by atoms with Crippen LogP contribution in [0.3, 0.4) is 0 Å². The zero-order valence-corrected chi connectivity index (χ0v) is 21.6. The number of methoxy groups -OCH3 is 1. The van der Waals surface area contributed by atoms with Gasteiger partial charge >= 0.3 is 5.97 Å². The van der Waals surface area contributed by atoms with E-state index in [9.17, 15) is 14.4 Å². The van der Waals surface area contributed by atoms with Crippen LogP contribution in [0.15, 0.2) is 57.3 Å². The third kappa shape index (κ3) is 3.71. The smallest absolute Gasteiger partial charge is 0.335 e. The number of aromatic nitrogens is 1. The number of thiazole rings is 1. The number of ether oxygens (including phenoxy) is 1. The molecule has 1 N–H and O–H groups in total. The number of benzene rings is 2. The maximum atomic E-state index is 13.5. The molecule has 0 radical (unpaired) electrons. The molecule has 0 atom stereocenters. The fourth-order valence-corrected chi connectivity index (χ4v) is 6.73. The molecule has 0 fully saturated rings. The molecule has 2 aromatic carbocycles. The Kier molecular flexibility index (Phi) is 5.97. The normalized spacial score (nSPS) is 18.0. The van der Waals surface area contributed by atoms with Gasteiger partial charge in [0.1, 0.15) is 20.0 Å². The van der Waals surface area contributed by atoms with Crippen molar-refractivity contribution in [2.75, 3.05) is 24.1 Å². The first kappa shape index (κ1) is 23.9. The van der Waals surface area contributed by atoms with E-state index in [4.69, 9.17) is 9.84 Å². The van der Waals surface area contributed by atoms with E-state index in [1.54, 1.807) is 30.7 Å². The van der Waals surface area contributed by atoms with E-state index >= 15 is 0 Å². The van der Waals surface area contributed by atoms with Crippen LogP contribution in [0, 0.1) is 0 Å². The van der Waals surface area contributed by atoms with Gasteiger partial charge < -0.3 is 14.7 Å². The van der Waals surface area contributed by atoms with Crippen molar-refractivity contribution in [3.8, 4) is 5.75 Å². The lowest BCUT2D eigenvalue weighted by Crippen LogP contribution is -2.35. The summed E-state index contributed by atoms with van der Waals surface area (Å²) in [4.78, 5) is 41.1. The maximum Gasteiger partial charge on any atom is 0.335 e. The molecule has 0 bridgehead atoms. The number of aromatic carboxylic acids is 1. The highest BCUT2D eigenvalue weighted by molar-refractivity contribution is 8.08. The van der Waals surface area contributed by atoms with E-state index in [1.165, 1.54) is 40.2 Å². The van der Waals surface area contributed by atoms with E-state index in [0.717, 1.165) is 21.4 Å². The Hall–Kier alpha value is -3.83. The van der Waals surface area contributed by atoms with Crippen molar-refractivity contribution in [3.63, 3.8) is 0 Å². The van der Waals surface area contributed by atoms with Crippen LogP contribution in [-0.2, 0) is 11.3 Å². The summed E-state index contributed by atoms with van der Waals surface area (Å²) in [6, 6.07) is 11.7. The van der Waals surface area contributed by atoms with Crippen molar-refractivity contribution in [2.45, 2.75) is 25.3 Å². The molecule has 0 spiro atoms. The zero-order chi connectivity index (χ0) is 25.7. The number of rotatable bonds is 4. The minimum Gasteiger partial charge on any atom is -0.497 e. The number of hydrogen-bond donors (Lipinski definition) is 1. The number of fused-ring (bicyclic) bond motifs is 1. The van der Waals surface area contributed by atoms with Crippen molar-refractivity contribution in [2.24, 2.45) is 5.10 Å². The average molecular weight is 523 g/mol. The summed E-state index contributed by atoms with van der Waals surface area (Å²) in [6.45, 7) is 3.99. The van der Waals surface area contributed by atoms with Crippen molar-refractivity contribution < 1.29 is 19.4 Å². The van der Waals surface area contributed by atoms with Crippen molar-refractivity contribution in [1.82, 2.24) is 4.57 Å². The fourth-order valence-electron chi connectivity index (χ4n) is 4.14. The number of thioether (sulfide) groups is 1.